The van der Waals surface area contributed by atoms with Crippen molar-refractivity contribution in [1.29, 1.82) is 5.26 Å². The quantitative estimate of drug-likeness (QED) is 0.914. The molecule has 1 saturated heterocycles. The predicted octanol–water partition coefficient (Wildman–Crippen LogP) is 2.34. The molecule has 1 aliphatic heterocycles. The number of pyridine rings is 1. The SMILES string of the molecule is CCC1CCN(c2cc(C#N)cc(C)n2)C(C(=O)O)C1. The molecule has 2 atom stereocenters. The lowest BCUT2D eigenvalue weighted by Gasteiger charge is -2.37. The maximum Gasteiger partial charge on any atom is 0.326 e. The average molecular weight is 273 g/mol. The van der Waals surface area contributed by atoms with E-state index < -0.39 is 12.0 Å². The van der Waals surface area contributed by atoms with Gasteiger partial charge in [0.25, 0.3) is 0 Å². The number of rotatable bonds is 3. The fraction of sp³-hybridized carbons (Fsp3) is 0.533. The van der Waals surface area contributed by atoms with Gasteiger partial charge in [0.05, 0.1) is 11.6 Å². The maximum absolute atomic E-state index is 11.5. The molecule has 106 valence electrons. The van der Waals surface area contributed by atoms with Crippen LogP contribution in [0.4, 0.5) is 5.82 Å². The summed E-state index contributed by atoms with van der Waals surface area (Å²) in [6.45, 7) is 4.59. The molecule has 0 amide bonds. The zero-order chi connectivity index (χ0) is 14.7. The molecular formula is C15H19N3O2. The normalized spacial score (nSPS) is 22.4. The smallest absolute Gasteiger partial charge is 0.326 e. The van der Waals surface area contributed by atoms with Crippen molar-refractivity contribution in [2.75, 3.05) is 11.4 Å². The molecule has 5 nitrogen and oxygen atoms in total. The molecule has 2 heterocycles. The molecule has 0 bridgehead atoms. The van der Waals surface area contributed by atoms with E-state index in [2.05, 4.69) is 18.0 Å². The van der Waals surface area contributed by atoms with Crippen LogP contribution in [0.3, 0.4) is 0 Å². The Kier molecular flexibility index (Phi) is 4.23. The van der Waals surface area contributed by atoms with E-state index in [9.17, 15) is 9.90 Å². The first-order valence-corrected chi connectivity index (χ1v) is 6.93. The van der Waals surface area contributed by atoms with Crippen LogP contribution in [0.25, 0.3) is 0 Å². The second-order valence-corrected chi connectivity index (χ2v) is 5.31. The first-order chi connectivity index (χ1) is 9.55. The van der Waals surface area contributed by atoms with Crippen LogP contribution in [0.2, 0.25) is 0 Å². The molecule has 0 radical (unpaired) electrons. The van der Waals surface area contributed by atoms with Crippen molar-refractivity contribution in [1.82, 2.24) is 4.98 Å². The van der Waals surface area contributed by atoms with Crippen molar-refractivity contribution >= 4 is 11.8 Å². The number of carbonyl (C=O) groups is 1. The number of nitrogens with zero attached hydrogens (tertiary/aromatic N) is 3. The maximum atomic E-state index is 11.5. The van der Waals surface area contributed by atoms with Gasteiger partial charge in [-0.2, -0.15) is 5.26 Å². The summed E-state index contributed by atoms with van der Waals surface area (Å²) >= 11 is 0. The zero-order valence-corrected chi connectivity index (χ0v) is 11.8. The number of carboxylic acid groups (broad SMARTS) is 1. The number of aryl methyl sites for hydroxylation is 1. The Balaban J connectivity index is 2.33. The summed E-state index contributed by atoms with van der Waals surface area (Å²) in [4.78, 5) is 17.7. The number of anilines is 1. The molecule has 2 rings (SSSR count). The highest BCUT2D eigenvalue weighted by atomic mass is 16.4. The second-order valence-electron chi connectivity index (χ2n) is 5.31. The van der Waals surface area contributed by atoms with Gasteiger partial charge in [-0.3, -0.25) is 0 Å². The topological polar surface area (TPSA) is 77.2 Å². The van der Waals surface area contributed by atoms with E-state index >= 15 is 0 Å². The number of hydrogen-bond acceptors (Lipinski definition) is 4. The molecule has 0 spiro atoms. The van der Waals surface area contributed by atoms with Crippen LogP contribution in [-0.4, -0.2) is 28.6 Å². The van der Waals surface area contributed by atoms with E-state index in [-0.39, 0.29) is 0 Å². The second kappa shape index (κ2) is 5.91. The first-order valence-electron chi connectivity index (χ1n) is 6.93. The summed E-state index contributed by atoms with van der Waals surface area (Å²) in [6.07, 6.45) is 2.61. The van der Waals surface area contributed by atoms with E-state index in [1.54, 1.807) is 12.1 Å². The molecule has 1 N–H and O–H groups in total. The Morgan fingerprint density at radius 2 is 2.35 bits per heavy atom. The van der Waals surface area contributed by atoms with Crippen LogP contribution in [-0.2, 0) is 4.79 Å². The minimum atomic E-state index is -0.815. The third-order valence-electron chi connectivity index (χ3n) is 3.94. The molecule has 20 heavy (non-hydrogen) atoms. The molecule has 5 heteroatoms. The molecule has 0 saturated carbocycles. The Morgan fingerprint density at radius 3 is 2.95 bits per heavy atom. The Hall–Kier alpha value is -2.09. The van der Waals surface area contributed by atoms with Crippen LogP contribution in [0, 0.1) is 24.2 Å². The number of piperidine rings is 1. The highest BCUT2D eigenvalue weighted by molar-refractivity contribution is 5.78. The fourth-order valence-electron chi connectivity index (χ4n) is 2.78. The number of aromatic nitrogens is 1. The lowest BCUT2D eigenvalue weighted by atomic mass is 9.89. The van der Waals surface area contributed by atoms with Crippen molar-refractivity contribution in [2.24, 2.45) is 5.92 Å². The predicted molar refractivity (Wildman–Crippen MR) is 75.5 cm³/mol. The van der Waals surface area contributed by atoms with E-state index in [1.807, 2.05) is 11.8 Å². The van der Waals surface area contributed by atoms with Gasteiger partial charge in [0.2, 0.25) is 0 Å². The van der Waals surface area contributed by atoms with Crippen LogP contribution in [0.15, 0.2) is 12.1 Å². The van der Waals surface area contributed by atoms with Crippen molar-refractivity contribution in [2.45, 2.75) is 39.2 Å². The van der Waals surface area contributed by atoms with Crippen LogP contribution in [0.5, 0.6) is 0 Å². The van der Waals surface area contributed by atoms with E-state index in [1.165, 1.54) is 0 Å². The Labute approximate surface area is 118 Å². The standard InChI is InChI=1S/C15H19N3O2/c1-3-11-4-5-18(13(7-11)15(19)20)14-8-12(9-16)6-10(2)17-14/h6,8,11,13H,3-5,7H2,1-2H3,(H,19,20). The molecule has 2 unspecified atom stereocenters. The zero-order valence-electron chi connectivity index (χ0n) is 11.8. The highest BCUT2D eigenvalue weighted by Gasteiger charge is 2.33. The third kappa shape index (κ3) is 2.90. The summed E-state index contributed by atoms with van der Waals surface area (Å²) in [5.41, 5.74) is 1.26. The molecule has 1 aromatic heterocycles. The molecule has 1 aromatic rings. The van der Waals surface area contributed by atoms with Gasteiger partial charge in [-0.05, 0) is 37.8 Å². The fourth-order valence-corrected chi connectivity index (χ4v) is 2.78. The largest absolute Gasteiger partial charge is 0.480 e. The van der Waals surface area contributed by atoms with Gasteiger partial charge < -0.3 is 10.0 Å². The van der Waals surface area contributed by atoms with Gasteiger partial charge in [-0.25, -0.2) is 9.78 Å². The summed E-state index contributed by atoms with van der Waals surface area (Å²) in [5.74, 6) is 0.237. The van der Waals surface area contributed by atoms with E-state index in [0.717, 1.165) is 18.5 Å². The molecule has 0 aliphatic carbocycles. The number of nitriles is 1. The Bertz CT molecular complexity index is 551. The Morgan fingerprint density at radius 1 is 1.60 bits per heavy atom. The highest BCUT2D eigenvalue weighted by Crippen LogP contribution is 2.29. The van der Waals surface area contributed by atoms with E-state index in [4.69, 9.17) is 5.26 Å². The third-order valence-corrected chi connectivity index (χ3v) is 3.94. The van der Waals surface area contributed by atoms with Gasteiger partial charge >= 0.3 is 5.97 Å². The summed E-state index contributed by atoms with van der Waals surface area (Å²) < 4.78 is 0. The minimum Gasteiger partial charge on any atom is -0.480 e. The van der Waals surface area contributed by atoms with Gasteiger partial charge in [-0.1, -0.05) is 13.3 Å². The first kappa shape index (κ1) is 14.3. The summed E-state index contributed by atoms with van der Waals surface area (Å²) in [6, 6.07) is 4.93. The van der Waals surface area contributed by atoms with Gasteiger partial charge in [-0.15, -0.1) is 0 Å². The van der Waals surface area contributed by atoms with Crippen LogP contribution in [0.1, 0.15) is 37.4 Å². The summed E-state index contributed by atoms with van der Waals surface area (Å²) in [7, 11) is 0. The molecule has 1 aliphatic rings. The average Bonchev–Trinajstić information content (AvgIpc) is 2.45. The number of aliphatic carboxylic acids is 1. The van der Waals surface area contributed by atoms with Gasteiger partial charge in [0.1, 0.15) is 11.9 Å². The number of carboxylic acids is 1. The monoisotopic (exact) mass is 273 g/mol. The van der Waals surface area contributed by atoms with Gasteiger partial charge in [0.15, 0.2) is 0 Å². The van der Waals surface area contributed by atoms with Crippen molar-refractivity contribution in [3.05, 3.63) is 23.4 Å². The number of hydrogen-bond donors (Lipinski definition) is 1. The minimum absolute atomic E-state index is 0.451. The summed E-state index contributed by atoms with van der Waals surface area (Å²) in [5, 5.41) is 18.5. The lowest BCUT2D eigenvalue weighted by Crippen LogP contribution is -2.47. The van der Waals surface area contributed by atoms with Crippen molar-refractivity contribution in [3.63, 3.8) is 0 Å². The van der Waals surface area contributed by atoms with Gasteiger partial charge in [0, 0.05) is 12.2 Å². The van der Waals surface area contributed by atoms with Crippen LogP contribution < -0.4 is 4.90 Å². The van der Waals surface area contributed by atoms with Crippen molar-refractivity contribution < 1.29 is 9.90 Å². The molecule has 1 fully saturated rings. The molecule has 0 aromatic carbocycles. The van der Waals surface area contributed by atoms with Crippen LogP contribution >= 0.6 is 0 Å². The van der Waals surface area contributed by atoms with Crippen molar-refractivity contribution in [3.8, 4) is 6.07 Å². The molecular weight excluding hydrogens is 254 g/mol. The lowest BCUT2D eigenvalue weighted by molar-refractivity contribution is -0.139. The van der Waals surface area contributed by atoms with E-state index in [0.29, 0.717) is 30.3 Å².